The monoisotopic (exact) mass is 426 g/mol. The third kappa shape index (κ3) is 3.87. The fourth-order valence-electron chi connectivity index (χ4n) is 4.53. The number of hydrogen-bond donors (Lipinski definition) is 0. The lowest BCUT2D eigenvalue weighted by atomic mass is 9.56. The molecule has 0 radical (unpaired) electrons. The van der Waals surface area contributed by atoms with E-state index < -0.39 is 29.2 Å². The molecule has 7 heteroatoms. The molecule has 7 nitrogen and oxygen atoms in total. The average Bonchev–Trinajstić information content (AvgIpc) is 2.82. The van der Waals surface area contributed by atoms with Crippen molar-refractivity contribution in [1.29, 1.82) is 0 Å². The summed E-state index contributed by atoms with van der Waals surface area (Å²) in [6, 6.07) is 14.0. The average molecular weight is 426 g/mol. The molecule has 1 aliphatic carbocycles. The van der Waals surface area contributed by atoms with Crippen LogP contribution >= 0.6 is 0 Å². The first-order chi connectivity index (χ1) is 14.9. The maximum absolute atomic E-state index is 13.3. The number of carbonyl (C=O) groups excluding carboxylic acids is 3. The van der Waals surface area contributed by atoms with Crippen LogP contribution < -0.4 is 9.47 Å². The van der Waals surface area contributed by atoms with Crippen molar-refractivity contribution < 1.29 is 33.3 Å². The Kier molecular flexibility index (Phi) is 6.63. The first kappa shape index (κ1) is 22.3. The summed E-state index contributed by atoms with van der Waals surface area (Å²) in [5, 5.41) is 0. The Hall–Kier alpha value is -3.35. The molecule has 0 spiro atoms. The first-order valence-electron chi connectivity index (χ1n) is 9.88. The molecular formula is C24H26O7. The largest absolute Gasteiger partial charge is 0.497 e. The number of ether oxygens (including phenoxy) is 4. The number of methoxy groups -OCH3 is 4. The van der Waals surface area contributed by atoms with Gasteiger partial charge in [0.2, 0.25) is 0 Å². The summed E-state index contributed by atoms with van der Waals surface area (Å²) in [6.07, 6.45) is 0.0341. The molecule has 2 atom stereocenters. The van der Waals surface area contributed by atoms with Crippen molar-refractivity contribution in [2.45, 2.75) is 24.7 Å². The Bertz CT molecular complexity index is 869. The van der Waals surface area contributed by atoms with Crippen LogP contribution in [0, 0.1) is 5.41 Å². The van der Waals surface area contributed by atoms with Crippen LogP contribution in [0.5, 0.6) is 11.5 Å². The van der Waals surface area contributed by atoms with E-state index in [4.69, 9.17) is 18.9 Å². The lowest BCUT2D eigenvalue weighted by Gasteiger charge is -2.44. The van der Waals surface area contributed by atoms with Gasteiger partial charge in [0.15, 0.2) is 5.41 Å². The van der Waals surface area contributed by atoms with Gasteiger partial charge in [-0.05, 0) is 35.4 Å². The highest BCUT2D eigenvalue weighted by molar-refractivity contribution is 6.05. The maximum Gasteiger partial charge on any atom is 0.324 e. The minimum atomic E-state index is -1.72. The van der Waals surface area contributed by atoms with E-state index >= 15 is 0 Å². The molecule has 0 aliphatic heterocycles. The summed E-state index contributed by atoms with van der Waals surface area (Å²) >= 11 is 0. The third-order valence-electron chi connectivity index (χ3n) is 6.05. The summed E-state index contributed by atoms with van der Waals surface area (Å²) in [5.41, 5.74) is -0.410. The van der Waals surface area contributed by atoms with E-state index in [1.54, 1.807) is 62.8 Å². The minimum absolute atomic E-state index is 0.0170. The maximum atomic E-state index is 13.3. The van der Waals surface area contributed by atoms with Gasteiger partial charge in [-0.25, -0.2) is 0 Å². The standard InChI is InChI=1S/C24H26O7/c1-28-18-9-5-15(6-10-18)20-13-17(25)14-21(16-7-11-19(29-2)12-8-16)24(20,22(26)30-3)23(27)31-4/h5-12,20-21H,13-14H2,1-4H3/t20-,21-/m0/s1. The highest BCUT2D eigenvalue weighted by atomic mass is 16.5. The predicted octanol–water partition coefficient (Wildman–Crippen LogP) is 3.27. The molecule has 2 aromatic carbocycles. The van der Waals surface area contributed by atoms with Gasteiger partial charge in [-0.1, -0.05) is 24.3 Å². The Morgan fingerprint density at radius 2 is 1.06 bits per heavy atom. The Morgan fingerprint density at radius 3 is 1.35 bits per heavy atom. The van der Waals surface area contributed by atoms with Crippen molar-refractivity contribution in [2.24, 2.45) is 5.41 Å². The predicted molar refractivity (Wildman–Crippen MR) is 112 cm³/mol. The van der Waals surface area contributed by atoms with Gasteiger partial charge >= 0.3 is 11.9 Å². The molecule has 2 aromatic rings. The topological polar surface area (TPSA) is 88.1 Å². The molecule has 0 amide bonds. The van der Waals surface area contributed by atoms with Gasteiger partial charge in [0, 0.05) is 24.7 Å². The summed E-state index contributed by atoms with van der Waals surface area (Å²) in [4.78, 5) is 39.5. The van der Waals surface area contributed by atoms with Crippen LogP contribution in [0.25, 0.3) is 0 Å². The van der Waals surface area contributed by atoms with Crippen LogP contribution in [-0.2, 0) is 23.9 Å². The van der Waals surface area contributed by atoms with Gasteiger partial charge in [0.1, 0.15) is 17.3 Å². The number of Topliss-reactive ketones (excluding diaryl/α,β-unsaturated/α-hetero) is 1. The van der Waals surface area contributed by atoms with E-state index in [0.29, 0.717) is 22.6 Å². The second-order valence-electron chi connectivity index (χ2n) is 7.45. The van der Waals surface area contributed by atoms with Crippen LogP contribution in [0.15, 0.2) is 48.5 Å². The van der Waals surface area contributed by atoms with E-state index in [-0.39, 0.29) is 18.6 Å². The zero-order valence-electron chi connectivity index (χ0n) is 18.0. The fraction of sp³-hybridized carbons (Fsp3) is 0.375. The molecule has 0 N–H and O–H groups in total. The summed E-state index contributed by atoms with van der Waals surface area (Å²) < 4.78 is 20.7. The number of rotatable bonds is 6. The number of benzene rings is 2. The molecule has 0 aromatic heterocycles. The number of carbonyl (C=O) groups is 3. The number of hydrogen-bond acceptors (Lipinski definition) is 7. The van der Waals surface area contributed by atoms with Crippen molar-refractivity contribution in [3.63, 3.8) is 0 Å². The lowest BCUT2D eigenvalue weighted by molar-refractivity contribution is -0.175. The molecule has 1 fully saturated rings. The van der Waals surface area contributed by atoms with Crippen LogP contribution in [0.2, 0.25) is 0 Å². The van der Waals surface area contributed by atoms with Gasteiger partial charge < -0.3 is 18.9 Å². The van der Waals surface area contributed by atoms with Crippen molar-refractivity contribution in [3.05, 3.63) is 59.7 Å². The molecule has 0 unspecified atom stereocenters. The van der Waals surface area contributed by atoms with Crippen LogP contribution in [0.3, 0.4) is 0 Å². The van der Waals surface area contributed by atoms with E-state index in [9.17, 15) is 14.4 Å². The van der Waals surface area contributed by atoms with Gasteiger partial charge in [-0.15, -0.1) is 0 Å². The summed E-state index contributed by atoms with van der Waals surface area (Å²) in [5.74, 6) is -1.77. The Balaban J connectivity index is 2.24. The Labute approximate surface area is 181 Å². The first-order valence-corrected chi connectivity index (χ1v) is 9.88. The highest BCUT2D eigenvalue weighted by Crippen LogP contribution is 2.55. The second kappa shape index (κ2) is 9.20. The van der Waals surface area contributed by atoms with E-state index in [1.807, 2.05) is 0 Å². The number of esters is 2. The minimum Gasteiger partial charge on any atom is -0.497 e. The molecular weight excluding hydrogens is 400 g/mol. The zero-order chi connectivity index (χ0) is 22.6. The lowest BCUT2D eigenvalue weighted by Crippen LogP contribution is -2.54. The molecule has 0 saturated heterocycles. The summed E-state index contributed by atoms with van der Waals surface area (Å²) in [7, 11) is 5.57. The molecule has 1 saturated carbocycles. The smallest absolute Gasteiger partial charge is 0.324 e. The van der Waals surface area contributed by atoms with E-state index in [2.05, 4.69) is 0 Å². The molecule has 164 valence electrons. The molecule has 1 aliphatic rings. The molecule has 3 rings (SSSR count). The van der Waals surface area contributed by atoms with Crippen molar-refractivity contribution in [3.8, 4) is 11.5 Å². The Morgan fingerprint density at radius 1 is 0.710 bits per heavy atom. The van der Waals surface area contributed by atoms with Crippen LogP contribution in [0.1, 0.15) is 35.8 Å². The highest BCUT2D eigenvalue weighted by Gasteiger charge is 2.63. The van der Waals surface area contributed by atoms with E-state index in [1.165, 1.54) is 14.2 Å². The second-order valence-corrected chi connectivity index (χ2v) is 7.45. The normalized spacial score (nSPS) is 19.9. The quantitative estimate of drug-likeness (QED) is 0.517. The molecule has 0 heterocycles. The van der Waals surface area contributed by atoms with Gasteiger partial charge in [-0.2, -0.15) is 0 Å². The number of ketones is 1. The summed E-state index contributed by atoms with van der Waals surface area (Å²) in [6.45, 7) is 0. The molecule has 0 bridgehead atoms. The van der Waals surface area contributed by atoms with Gasteiger partial charge in [0.25, 0.3) is 0 Å². The van der Waals surface area contributed by atoms with Gasteiger partial charge in [-0.3, -0.25) is 14.4 Å². The SMILES string of the molecule is COC(=O)C1(C(=O)OC)[C@H](c2ccc(OC)cc2)CC(=O)C[C@H]1c1ccc(OC)cc1. The van der Waals surface area contributed by atoms with Crippen LogP contribution in [-0.4, -0.2) is 46.2 Å². The van der Waals surface area contributed by atoms with Crippen molar-refractivity contribution in [2.75, 3.05) is 28.4 Å². The third-order valence-corrected chi connectivity index (χ3v) is 6.05. The zero-order valence-corrected chi connectivity index (χ0v) is 18.0. The van der Waals surface area contributed by atoms with E-state index in [0.717, 1.165) is 0 Å². The van der Waals surface area contributed by atoms with Gasteiger partial charge in [0.05, 0.1) is 28.4 Å². The van der Waals surface area contributed by atoms with Crippen molar-refractivity contribution >= 4 is 17.7 Å². The fourth-order valence-corrected chi connectivity index (χ4v) is 4.53. The molecule has 31 heavy (non-hydrogen) atoms. The van der Waals surface area contributed by atoms with Crippen molar-refractivity contribution in [1.82, 2.24) is 0 Å². The van der Waals surface area contributed by atoms with Crippen LogP contribution in [0.4, 0.5) is 0 Å².